The molecule has 1 N–H and O–H groups in total. The lowest BCUT2D eigenvalue weighted by atomic mass is 9.87. The molecular weight excluding hydrogens is 236 g/mol. The summed E-state index contributed by atoms with van der Waals surface area (Å²) in [6, 6.07) is 13.0. The van der Waals surface area contributed by atoms with Gasteiger partial charge < -0.3 is 10.1 Å². The van der Waals surface area contributed by atoms with E-state index in [0.29, 0.717) is 11.9 Å². The number of methoxy groups -OCH3 is 1. The lowest BCUT2D eigenvalue weighted by Crippen LogP contribution is -2.17. The number of pyridine rings is 1. The molecule has 1 heterocycles. The third-order valence-electron chi connectivity index (χ3n) is 3.66. The first-order valence-corrected chi connectivity index (χ1v) is 6.71. The van der Waals surface area contributed by atoms with Crippen LogP contribution in [0.15, 0.2) is 42.6 Å². The molecule has 1 aliphatic carbocycles. The summed E-state index contributed by atoms with van der Waals surface area (Å²) in [5, 5.41) is 3.57. The molecule has 0 bridgehead atoms. The first kappa shape index (κ1) is 12.0. The van der Waals surface area contributed by atoms with Gasteiger partial charge in [0.1, 0.15) is 0 Å². The van der Waals surface area contributed by atoms with Crippen molar-refractivity contribution in [2.24, 2.45) is 0 Å². The molecule has 0 aliphatic heterocycles. The van der Waals surface area contributed by atoms with Crippen molar-refractivity contribution < 1.29 is 4.74 Å². The summed E-state index contributed by atoms with van der Waals surface area (Å²) in [4.78, 5) is 4.23. The SMILES string of the molecule is COc1ccc(NC2CCCc3ccccc32)cn1. The minimum atomic E-state index is 0.389. The van der Waals surface area contributed by atoms with E-state index < -0.39 is 0 Å². The lowest BCUT2D eigenvalue weighted by Gasteiger charge is -2.27. The maximum Gasteiger partial charge on any atom is 0.213 e. The van der Waals surface area contributed by atoms with E-state index in [2.05, 4.69) is 34.6 Å². The fraction of sp³-hybridized carbons (Fsp3) is 0.312. The predicted octanol–water partition coefficient (Wildman–Crippen LogP) is 3.58. The molecule has 1 unspecified atom stereocenters. The van der Waals surface area contributed by atoms with Crippen LogP contribution in [0.5, 0.6) is 5.88 Å². The van der Waals surface area contributed by atoms with Crippen molar-refractivity contribution in [3.63, 3.8) is 0 Å². The standard InChI is InChI=1S/C16H18N2O/c1-19-16-10-9-13(11-17-16)18-15-8-4-6-12-5-2-3-7-14(12)15/h2-3,5,7,9-11,15,18H,4,6,8H2,1H3. The summed E-state index contributed by atoms with van der Waals surface area (Å²) >= 11 is 0. The van der Waals surface area contributed by atoms with E-state index in [1.165, 1.54) is 30.4 Å². The van der Waals surface area contributed by atoms with Gasteiger partial charge in [0.05, 0.1) is 25.0 Å². The number of rotatable bonds is 3. The van der Waals surface area contributed by atoms with Gasteiger partial charge in [-0.1, -0.05) is 24.3 Å². The van der Waals surface area contributed by atoms with Crippen molar-refractivity contribution in [3.05, 3.63) is 53.7 Å². The Hall–Kier alpha value is -2.03. The minimum absolute atomic E-state index is 0.389. The van der Waals surface area contributed by atoms with Crippen LogP contribution in [0.1, 0.15) is 30.0 Å². The maximum absolute atomic E-state index is 5.08. The first-order valence-electron chi connectivity index (χ1n) is 6.71. The van der Waals surface area contributed by atoms with E-state index in [1.54, 1.807) is 7.11 Å². The molecule has 2 aromatic rings. The Morgan fingerprint density at radius 3 is 2.89 bits per heavy atom. The molecule has 0 saturated carbocycles. The zero-order valence-electron chi connectivity index (χ0n) is 11.1. The number of nitrogens with zero attached hydrogens (tertiary/aromatic N) is 1. The summed E-state index contributed by atoms with van der Waals surface area (Å²) in [6.07, 6.45) is 5.42. The van der Waals surface area contributed by atoms with Gasteiger partial charge in [-0.2, -0.15) is 0 Å². The molecule has 98 valence electrons. The molecule has 1 aromatic carbocycles. The number of hydrogen-bond donors (Lipinski definition) is 1. The minimum Gasteiger partial charge on any atom is -0.481 e. The molecule has 0 saturated heterocycles. The van der Waals surface area contributed by atoms with Crippen molar-refractivity contribution in [1.29, 1.82) is 0 Å². The van der Waals surface area contributed by atoms with Crippen molar-refractivity contribution in [2.45, 2.75) is 25.3 Å². The highest BCUT2D eigenvalue weighted by Gasteiger charge is 2.19. The molecule has 0 radical (unpaired) electrons. The van der Waals surface area contributed by atoms with Crippen LogP contribution in [0.25, 0.3) is 0 Å². The number of nitrogens with one attached hydrogen (secondary N) is 1. The Bertz CT molecular complexity index is 551. The van der Waals surface area contributed by atoms with Crippen LogP contribution in [0, 0.1) is 0 Å². The van der Waals surface area contributed by atoms with E-state index in [4.69, 9.17) is 4.74 Å². The van der Waals surface area contributed by atoms with Gasteiger partial charge in [-0.3, -0.25) is 0 Å². The van der Waals surface area contributed by atoms with Gasteiger partial charge in [0.2, 0.25) is 5.88 Å². The number of fused-ring (bicyclic) bond motifs is 1. The zero-order valence-corrected chi connectivity index (χ0v) is 11.1. The third kappa shape index (κ3) is 2.55. The summed E-state index contributed by atoms with van der Waals surface area (Å²) in [6.45, 7) is 0. The van der Waals surface area contributed by atoms with E-state index in [1.807, 2.05) is 18.3 Å². The molecule has 3 rings (SSSR count). The van der Waals surface area contributed by atoms with Crippen LogP contribution in [-0.4, -0.2) is 12.1 Å². The fourth-order valence-electron chi connectivity index (χ4n) is 2.69. The number of anilines is 1. The molecule has 3 heteroatoms. The van der Waals surface area contributed by atoms with Crippen LogP contribution in [0.4, 0.5) is 5.69 Å². The normalized spacial score (nSPS) is 17.6. The van der Waals surface area contributed by atoms with Crippen LogP contribution in [0.2, 0.25) is 0 Å². The quantitative estimate of drug-likeness (QED) is 0.909. The van der Waals surface area contributed by atoms with Gasteiger partial charge in [0, 0.05) is 6.07 Å². The largest absolute Gasteiger partial charge is 0.481 e. The Balaban J connectivity index is 1.80. The highest BCUT2D eigenvalue weighted by atomic mass is 16.5. The first-order chi connectivity index (χ1) is 9.36. The topological polar surface area (TPSA) is 34.1 Å². The summed E-state index contributed by atoms with van der Waals surface area (Å²) in [7, 11) is 1.63. The van der Waals surface area contributed by atoms with Crippen molar-refractivity contribution in [2.75, 3.05) is 12.4 Å². The molecular formula is C16H18N2O. The number of ether oxygens (including phenoxy) is 1. The summed E-state index contributed by atoms with van der Waals surface area (Å²) < 4.78 is 5.08. The van der Waals surface area contributed by atoms with Crippen LogP contribution < -0.4 is 10.1 Å². The smallest absolute Gasteiger partial charge is 0.213 e. The van der Waals surface area contributed by atoms with Gasteiger partial charge in [-0.05, 0) is 36.5 Å². The molecule has 1 aliphatic rings. The van der Waals surface area contributed by atoms with Crippen molar-refractivity contribution in [1.82, 2.24) is 4.98 Å². The fourth-order valence-corrected chi connectivity index (χ4v) is 2.69. The summed E-state index contributed by atoms with van der Waals surface area (Å²) in [5.41, 5.74) is 3.93. The Labute approximate surface area is 113 Å². The predicted molar refractivity (Wildman–Crippen MR) is 76.5 cm³/mol. The van der Waals surface area contributed by atoms with Gasteiger partial charge in [0.25, 0.3) is 0 Å². The van der Waals surface area contributed by atoms with Gasteiger partial charge in [-0.15, -0.1) is 0 Å². The van der Waals surface area contributed by atoms with E-state index >= 15 is 0 Å². The van der Waals surface area contributed by atoms with E-state index in [0.717, 1.165) is 5.69 Å². The third-order valence-corrected chi connectivity index (χ3v) is 3.66. The Morgan fingerprint density at radius 1 is 1.21 bits per heavy atom. The maximum atomic E-state index is 5.08. The molecule has 1 aromatic heterocycles. The second-order valence-electron chi connectivity index (χ2n) is 4.88. The van der Waals surface area contributed by atoms with Gasteiger partial charge >= 0.3 is 0 Å². The second-order valence-corrected chi connectivity index (χ2v) is 4.88. The highest BCUT2D eigenvalue weighted by Crippen LogP contribution is 2.32. The molecule has 3 nitrogen and oxygen atoms in total. The van der Waals surface area contributed by atoms with Gasteiger partial charge in [-0.25, -0.2) is 4.98 Å². The van der Waals surface area contributed by atoms with Crippen LogP contribution in [0.3, 0.4) is 0 Å². The number of aryl methyl sites for hydroxylation is 1. The number of hydrogen-bond acceptors (Lipinski definition) is 3. The van der Waals surface area contributed by atoms with Crippen molar-refractivity contribution in [3.8, 4) is 5.88 Å². The Morgan fingerprint density at radius 2 is 2.11 bits per heavy atom. The Kier molecular flexibility index (Phi) is 3.36. The van der Waals surface area contributed by atoms with Gasteiger partial charge in [0.15, 0.2) is 0 Å². The number of benzene rings is 1. The van der Waals surface area contributed by atoms with E-state index in [9.17, 15) is 0 Å². The molecule has 0 spiro atoms. The summed E-state index contributed by atoms with van der Waals surface area (Å²) in [5.74, 6) is 0.648. The molecule has 1 atom stereocenters. The average molecular weight is 254 g/mol. The molecule has 19 heavy (non-hydrogen) atoms. The number of aromatic nitrogens is 1. The zero-order chi connectivity index (χ0) is 13.1. The average Bonchev–Trinajstić information content (AvgIpc) is 2.48. The van der Waals surface area contributed by atoms with Crippen molar-refractivity contribution >= 4 is 5.69 Å². The lowest BCUT2D eigenvalue weighted by molar-refractivity contribution is 0.398. The second kappa shape index (κ2) is 5.31. The van der Waals surface area contributed by atoms with Crippen LogP contribution in [-0.2, 0) is 6.42 Å². The monoisotopic (exact) mass is 254 g/mol. The highest BCUT2D eigenvalue weighted by molar-refractivity contribution is 5.46. The van der Waals surface area contributed by atoms with Crippen LogP contribution >= 0.6 is 0 Å². The molecule has 0 amide bonds. The van der Waals surface area contributed by atoms with E-state index in [-0.39, 0.29) is 0 Å². The molecule has 0 fully saturated rings.